The van der Waals surface area contributed by atoms with E-state index in [-0.39, 0.29) is 0 Å². The van der Waals surface area contributed by atoms with Crippen LogP contribution in [0.15, 0.2) is 18.2 Å². The van der Waals surface area contributed by atoms with Crippen LogP contribution in [0.25, 0.3) is 5.32 Å². The molecule has 54 valence electrons. The van der Waals surface area contributed by atoms with Crippen molar-refractivity contribution in [3.63, 3.8) is 0 Å². The first-order valence-corrected chi connectivity index (χ1v) is 3.61. The van der Waals surface area contributed by atoms with Crippen molar-refractivity contribution in [3.05, 3.63) is 34.6 Å². The highest BCUT2D eigenvalue weighted by Crippen LogP contribution is 2.31. The summed E-state index contributed by atoms with van der Waals surface area (Å²) in [5.41, 5.74) is 2.97. The quantitative estimate of drug-likeness (QED) is 0.548. The maximum Gasteiger partial charge on any atom is 0.0991 e. The van der Waals surface area contributed by atoms with Crippen LogP contribution < -0.4 is 0 Å². The molecule has 0 radical (unpaired) electrons. The Balaban J connectivity index is 2.51. The maximum atomic E-state index is 8.58. The normalized spacial score (nSPS) is 13.4. The summed E-state index contributed by atoms with van der Waals surface area (Å²) in [4.78, 5) is 0. The van der Waals surface area contributed by atoms with Crippen molar-refractivity contribution in [2.24, 2.45) is 0 Å². The molecule has 1 aliphatic rings. The number of hydrogen-bond acceptors (Lipinski definition) is 1. The van der Waals surface area contributed by atoms with Gasteiger partial charge in [-0.2, -0.15) is 5.26 Å². The lowest BCUT2D eigenvalue weighted by atomic mass is 10.1. The van der Waals surface area contributed by atoms with Gasteiger partial charge >= 0.3 is 0 Å². The lowest BCUT2D eigenvalue weighted by Gasteiger charge is -2.11. The van der Waals surface area contributed by atoms with Gasteiger partial charge in [0.15, 0.2) is 0 Å². The molecule has 0 bridgehead atoms. The molecule has 1 aliphatic heterocycles. The first-order chi connectivity index (χ1) is 5.40. The van der Waals surface area contributed by atoms with Gasteiger partial charge in [0, 0.05) is 0 Å². The molecule has 2 rings (SSSR count). The van der Waals surface area contributed by atoms with Gasteiger partial charge in [-0.25, -0.2) is 0 Å². The fourth-order valence-corrected chi connectivity index (χ4v) is 1.29. The van der Waals surface area contributed by atoms with Crippen molar-refractivity contribution in [3.8, 4) is 6.07 Å². The molecule has 0 N–H and O–H groups in total. The monoisotopic (exact) mass is 143 g/mol. The number of nitrogens with zero attached hydrogens (tertiary/aromatic N) is 2. The Bertz CT molecular complexity index is 323. The predicted molar refractivity (Wildman–Crippen MR) is 42.7 cm³/mol. The Morgan fingerprint density at radius 2 is 2.36 bits per heavy atom. The van der Waals surface area contributed by atoms with E-state index in [0.29, 0.717) is 5.56 Å². The Kier molecular flexibility index (Phi) is 1.29. The molecule has 0 fully saturated rings. The predicted octanol–water partition coefficient (Wildman–Crippen LogP) is 2.12. The zero-order valence-corrected chi connectivity index (χ0v) is 6.04. The summed E-state index contributed by atoms with van der Waals surface area (Å²) >= 11 is 0. The second-order valence-electron chi connectivity index (χ2n) is 2.59. The van der Waals surface area contributed by atoms with E-state index in [4.69, 9.17) is 5.26 Å². The average molecular weight is 143 g/mol. The highest BCUT2D eigenvalue weighted by molar-refractivity contribution is 5.62. The van der Waals surface area contributed by atoms with Crippen LogP contribution >= 0.6 is 0 Å². The topological polar surface area (TPSA) is 37.9 Å². The molecule has 0 saturated heterocycles. The maximum absolute atomic E-state index is 8.58. The largest absolute Gasteiger partial charge is 0.684 e. The minimum absolute atomic E-state index is 0.703. The highest BCUT2D eigenvalue weighted by atomic mass is 14.9. The molecule has 0 aliphatic carbocycles. The Morgan fingerprint density at radius 1 is 1.45 bits per heavy atom. The molecule has 1 heterocycles. The van der Waals surface area contributed by atoms with Gasteiger partial charge in [-0.05, 0) is 12.5 Å². The second kappa shape index (κ2) is 2.28. The van der Waals surface area contributed by atoms with Crippen molar-refractivity contribution in [2.75, 3.05) is 6.54 Å². The lowest BCUT2D eigenvalue weighted by molar-refractivity contribution is 1.14. The van der Waals surface area contributed by atoms with Gasteiger partial charge in [0.1, 0.15) is 0 Å². The van der Waals surface area contributed by atoms with Crippen molar-refractivity contribution in [2.45, 2.75) is 6.42 Å². The van der Waals surface area contributed by atoms with Crippen molar-refractivity contribution in [1.29, 1.82) is 5.26 Å². The standard InChI is InChI=1S/C9H7N2/c10-6-7-1-2-8-3-4-11-9(8)5-7/h1-2,5H,3-4H2/q-1. The number of hydrogen-bond donors (Lipinski definition) is 0. The van der Waals surface area contributed by atoms with Gasteiger partial charge in [0.2, 0.25) is 0 Å². The second-order valence-corrected chi connectivity index (χ2v) is 2.59. The van der Waals surface area contributed by atoms with E-state index in [1.54, 1.807) is 0 Å². The molecule has 0 saturated carbocycles. The van der Waals surface area contributed by atoms with Crippen LogP contribution in [0.1, 0.15) is 11.1 Å². The number of benzene rings is 1. The van der Waals surface area contributed by atoms with E-state index in [1.165, 1.54) is 5.56 Å². The summed E-state index contributed by atoms with van der Waals surface area (Å²) in [6.07, 6.45) is 1.03. The minimum Gasteiger partial charge on any atom is -0.684 e. The lowest BCUT2D eigenvalue weighted by Crippen LogP contribution is -1.78. The number of fused-ring (bicyclic) bond motifs is 1. The molecular weight excluding hydrogens is 136 g/mol. The van der Waals surface area contributed by atoms with Crippen LogP contribution in [-0.4, -0.2) is 6.54 Å². The van der Waals surface area contributed by atoms with Gasteiger partial charge in [0.25, 0.3) is 0 Å². The van der Waals surface area contributed by atoms with Crippen molar-refractivity contribution < 1.29 is 0 Å². The summed E-state index contributed by atoms with van der Waals surface area (Å²) in [5.74, 6) is 0. The van der Waals surface area contributed by atoms with Gasteiger partial charge in [-0.15, -0.1) is 12.2 Å². The van der Waals surface area contributed by atoms with E-state index >= 15 is 0 Å². The molecule has 0 aromatic heterocycles. The van der Waals surface area contributed by atoms with Crippen molar-refractivity contribution >= 4 is 5.69 Å². The third-order valence-electron chi connectivity index (χ3n) is 1.88. The van der Waals surface area contributed by atoms with E-state index in [1.807, 2.05) is 18.2 Å². The summed E-state index contributed by atoms with van der Waals surface area (Å²) < 4.78 is 0. The van der Waals surface area contributed by atoms with Gasteiger partial charge in [-0.3, -0.25) is 0 Å². The van der Waals surface area contributed by atoms with Crippen LogP contribution in [0, 0.1) is 11.3 Å². The molecule has 0 amide bonds. The number of rotatable bonds is 0. The third-order valence-corrected chi connectivity index (χ3v) is 1.88. The molecule has 11 heavy (non-hydrogen) atoms. The number of nitriles is 1. The smallest absolute Gasteiger partial charge is 0.0991 e. The molecule has 2 heteroatoms. The van der Waals surface area contributed by atoms with Crippen molar-refractivity contribution in [1.82, 2.24) is 0 Å². The SMILES string of the molecule is N#Cc1ccc2c(c1)[N-]CC2. The summed E-state index contributed by atoms with van der Waals surface area (Å²) in [6, 6.07) is 7.78. The molecule has 1 aromatic rings. The summed E-state index contributed by atoms with van der Waals surface area (Å²) in [7, 11) is 0. The average Bonchev–Trinajstić information content (AvgIpc) is 2.50. The summed E-state index contributed by atoms with van der Waals surface area (Å²) in [5, 5.41) is 12.8. The zero-order chi connectivity index (χ0) is 7.68. The van der Waals surface area contributed by atoms with Crippen LogP contribution in [0.5, 0.6) is 0 Å². The Labute approximate surface area is 65.5 Å². The highest BCUT2D eigenvalue weighted by Gasteiger charge is 2.00. The minimum atomic E-state index is 0.703. The molecule has 0 unspecified atom stereocenters. The van der Waals surface area contributed by atoms with E-state index < -0.39 is 0 Å². The fourth-order valence-electron chi connectivity index (χ4n) is 1.29. The first kappa shape index (κ1) is 6.23. The van der Waals surface area contributed by atoms with Gasteiger partial charge < -0.3 is 5.32 Å². The molecule has 1 aromatic carbocycles. The fraction of sp³-hybridized carbons (Fsp3) is 0.222. The Morgan fingerprint density at radius 3 is 3.18 bits per heavy atom. The molecule has 0 spiro atoms. The van der Waals surface area contributed by atoms with E-state index in [9.17, 15) is 0 Å². The summed E-state index contributed by atoms with van der Waals surface area (Å²) in [6.45, 7) is 0.879. The van der Waals surface area contributed by atoms with E-state index in [0.717, 1.165) is 18.7 Å². The molecule has 0 atom stereocenters. The van der Waals surface area contributed by atoms with Crippen LogP contribution in [0.4, 0.5) is 5.69 Å². The van der Waals surface area contributed by atoms with E-state index in [2.05, 4.69) is 11.4 Å². The van der Waals surface area contributed by atoms with Gasteiger partial charge in [-0.1, -0.05) is 17.7 Å². The molecular formula is C9H7N2-. The van der Waals surface area contributed by atoms with Crippen LogP contribution in [-0.2, 0) is 6.42 Å². The van der Waals surface area contributed by atoms with Crippen LogP contribution in [0.3, 0.4) is 0 Å². The zero-order valence-electron chi connectivity index (χ0n) is 6.04. The first-order valence-electron chi connectivity index (χ1n) is 3.61. The molecule has 2 nitrogen and oxygen atoms in total. The third kappa shape index (κ3) is 0.947. The van der Waals surface area contributed by atoms with Gasteiger partial charge in [0.05, 0.1) is 11.6 Å². The van der Waals surface area contributed by atoms with Crippen LogP contribution in [0.2, 0.25) is 0 Å². The Hall–Kier alpha value is -1.49.